The summed E-state index contributed by atoms with van der Waals surface area (Å²) in [5.74, 6) is -0.223. The first kappa shape index (κ1) is 24.1. The summed E-state index contributed by atoms with van der Waals surface area (Å²) in [4.78, 5) is 17.9. The molecule has 35 heavy (non-hydrogen) atoms. The van der Waals surface area contributed by atoms with Gasteiger partial charge in [-0.3, -0.25) is 9.69 Å². The fourth-order valence-corrected chi connectivity index (χ4v) is 5.65. The molecule has 1 aliphatic carbocycles. The summed E-state index contributed by atoms with van der Waals surface area (Å²) in [5, 5.41) is 14.6. The van der Waals surface area contributed by atoms with Crippen LogP contribution in [0.15, 0.2) is 24.3 Å². The van der Waals surface area contributed by atoms with Gasteiger partial charge in [0.25, 0.3) is 5.91 Å². The minimum atomic E-state index is -4.78. The Morgan fingerprint density at radius 1 is 1.17 bits per heavy atom. The van der Waals surface area contributed by atoms with E-state index < -0.39 is 6.36 Å². The van der Waals surface area contributed by atoms with E-state index in [4.69, 9.17) is 0 Å². The molecule has 2 aliphatic heterocycles. The van der Waals surface area contributed by atoms with Gasteiger partial charge in [0.15, 0.2) is 0 Å². The van der Waals surface area contributed by atoms with Crippen molar-refractivity contribution in [1.82, 2.24) is 19.6 Å². The molecule has 1 saturated carbocycles. The molecule has 2 saturated heterocycles. The zero-order valence-electron chi connectivity index (χ0n) is 20.0. The van der Waals surface area contributed by atoms with Crippen molar-refractivity contribution >= 4 is 5.91 Å². The van der Waals surface area contributed by atoms with E-state index in [9.17, 15) is 23.1 Å². The van der Waals surface area contributed by atoms with Gasteiger partial charge in [-0.05, 0) is 58.1 Å². The minimum Gasteiger partial charge on any atom is -0.406 e. The second-order valence-corrected chi connectivity index (χ2v) is 10.0. The maximum absolute atomic E-state index is 13.7. The maximum atomic E-state index is 13.7. The summed E-state index contributed by atoms with van der Waals surface area (Å²) < 4.78 is 43.9. The predicted octanol–water partition coefficient (Wildman–Crippen LogP) is 4.02. The maximum Gasteiger partial charge on any atom is 0.573 e. The molecule has 0 spiro atoms. The number of piperidine rings is 1. The number of rotatable bonds is 5. The van der Waals surface area contributed by atoms with Gasteiger partial charge in [-0.2, -0.15) is 5.10 Å². The second-order valence-electron chi connectivity index (χ2n) is 10.0. The molecule has 190 valence electrons. The van der Waals surface area contributed by atoms with Crippen LogP contribution in [-0.2, 0) is 0 Å². The van der Waals surface area contributed by atoms with E-state index in [0.29, 0.717) is 48.7 Å². The molecule has 0 unspecified atom stereocenters. The lowest BCUT2D eigenvalue weighted by molar-refractivity contribution is -0.274. The standard InChI is InChI=1S/C25H31F3N4O3/c1-15-12-20(33)14-31(15)18-8-10-30(11-9-18)24(34)22-16(2)29-32(23(22)17-6-7-17)19-4-3-5-21(13-19)35-25(26,27)28/h3-5,13,15,17-18,20,33H,6-12,14H2,1-2H3/t15-,20+/m1/s1. The van der Waals surface area contributed by atoms with Crippen LogP contribution in [0.2, 0.25) is 0 Å². The number of hydrogen-bond donors (Lipinski definition) is 1. The molecule has 7 nitrogen and oxygen atoms in total. The highest BCUT2D eigenvalue weighted by atomic mass is 19.4. The van der Waals surface area contributed by atoms with Gasteiger partial charge in [-0.15, -0.1) is 13.2 Å². The zero-order chi connectivity index (χ0) is 24.9. The number of alkyl halides is 3. The van der Waals surface area contributed by atoms with E-state index in [0.717, 1.165) is 37.8 Å². The number of benzene rings is 1. The quantitative estimate of drug-likeness (QED) is 0.683. The van der Waals surface area contributed by atoms with E-state index in [1.165, 1.54) is 18.2 Å². The molecule has 2 atom stereocenters. The van der Waals surface area contributed by atoms with Crippen molar-refractivity contribution in [3.63, 3.8) is 0 Å². The smallest absolute Gasteiger partial charge is 0.406 e. The monoisotopic (exact) mass is 492 g/mol. The Labute approximate surface area is 202 Å². The fraction of sp³-hybridized carbons (Fsp3) is 0.600. The molecule has 1 aromatic heterocycles. The largest absolute Gasteiger partial charge is 0.573 e. The number of carbonyl (C=O) groups excluding carboxylic acids is 1. The number of aliphatic hydroxyl groups is 1. The first-order valence-corrected chi connectivity index (χ1v) is 12.3. The van der Waals surface area contributed by atoms with Gasteiger partial charge < -0.3 is 14.7 Å². The number of aryl methyl sites for hydroxylation is 1. The summed E-state index contributed by atoms with van der Waals surface area (Å²) in [6.07, 6.45) is -0.729. The molecule has 5 rings (SSSR count). The van der Waals surface area contributed by atoms with E-state index in [1.807, 2.05) is 4.90 Å². The summed E-state index contributed by atoms with van der Waals surface area (Å²) >= 11 is 0. The molecule has 1 N–H and O–H groups in total. The van der Waals surface area contributed by atoms with Gasteiger partial charge in [-0.25, -0.2) is 4.68 Å². The van der Waals surface area contributed by atoms with Gasteiger partial charge >= 0.3 is 6.36 Å². The molecule has 3 heterocycles. The Balaban J connectivity index is 1.37. The van der Waals surface area contributed by atoms with Crippen molar-refractivity contribution in [2.24, 2.45) is 0 Å². The van der Waals surface area contributed by atoms with Crippen molar-refractivity contribution in [1.29, 1.82) is 0 Å². The summed E-state index contributed by atoms with van der Waals surface area (Å²) in [7, 11) is 0. The predicted molar refractivity (Wildman–Crippen MR) is 123 cm³/mol. The van der Waals surface area contributed by atoms with Crippen LogP contribution >= 0.6 is 0 Å². The molecule has 1 amide bonds. The molecule has 0 bridgehead atoms. The van der Waals surface area contributed by atoms with Crippen molar-refractivity contribution in [2.45, 2.75) is 76.4 Å². The number of amides is 1. The lowest BCUT2D eigenvalue weighted by Gasteiger charge is -2.38. The first-order valence-electron chi connectivity index (χ1n) is 12.3. The van der Waals surface area contributed by atoms with Crippen LogP contribution in [0.1, 0.15) is 66.7 Å². The minimum absolute atomic E-state index is 0.0636. The molecule has 1 aromatic carbocycles. The number of ether oxygens (including phenoxy) is 1. The van der Waals surface area contributed by atoms with E-state index in [2.05, 4.69) is 21.7 Å². The Kier molecular flexibility index (Phi) is 6.29. The number of carbonyl (C=O) groups is 1. The third-order valence-corrected chi connectivity index (χ3v) is 7.39. The van der Waals surface area contributed by atoms with Gasteiger partial charge in [0.2, 0.25) is 0 Å². The first-order chi connectivity index (χ1) is 16.6. The average Bonchev–Trinajstić information content (AvgIpc) is 3.50. The zero-order valence-corrected chi connectivity index (χ0v) is 20.0. The molecule has 3 fully saturated rings. The number of hydrogen-bond acceptors (Lipinski definition) is 5. The number of nitrogens with zero attached hydrogens (tertiary/aromatic N) is 4. The number of aromatic nitrogens is 2. The van der Waals surface area contributed by atoms with Crippen LogP contribution in [-0.4, -0.2) is 74.8 Å². The number of β-amino-alcohol motifs (C(OH)–C–C–N with tert-alkyl or cyclic N) is 1. The lowest BCUT2D eigenvalue weighted by atomic mass is 10.0. The van der Waals surface area contributed by atoms with Crippen molar-refractivity contribution in [3.05, 3.63) is 41.2 Å². The van der Waals surface area contributed by atoms with Crippen LogP contribution in [0.4, 0.5) is 13.2 Å². The third kappa shape index (κ3) is 5.04. The molecular weight excluding hydrogens is 461 g/mol. The van der Waals surface area contributed by atoms with Crippen LogP contribution < -0.4 is 4.74 Å². The lowest BCUT2D eigenvalue weighted by Crippen LogP contribution is -2.48. The molecule has 10 heteroatoms. The number of likely N-dealkylation sites (tertiary alicyclic amines) is 2. The Morgan fingerprint density at radius 2 is 1.89 bits per heavy atom. The Bertz CT molecular complexity index is 1090. The summed E-state index contributed by atoms with van der Waals surface area (Å²) in [6, 6.07) is 6.42. The molecule has 2 aromatic rings. The highest BCUT2D eigenvalue weighted by Gasteiger charge is 2.39. The Hall–Kier alpha value is -2.59. The van der Waals surface area contributed by atoms with E-state index >= 15 is 0 Å². The molecule has 0 radical (unpaired) electrons. The fourth-order valence-electron chi connectivity index (χ4n) is 5.65. The van der Waals surface area contributed by atoms with Crippen LogP contribution in [0.25, 0.3) is 5.69 Å². The van der Waals surface area contributed by atoms with Crippen molar-refractivity contribution < 1.29 is 27.8 Å². The molecule has 3 aliphatic rings. The van der Waals surface area contributed by atoms with Crippen LogP contribution in [0, 0.1) is 6.92 Å². The Morgan fingerprint density at radius 3 is 2.49 bits per heavy atom. The number of aliphatic hydroxyl groups excluding tert-OH is 1. The average molecular weight is 493 g/mol. The van der Waals surface area contributed by atoms with E-state index in [1.54, 1.807) is 17.7 Å². The summed E-state index contributed by atoms with van der Waals surface area (Å²) in [5.41, 5.74) is 2.36. The van der Waals surface area contributed by atoms with Crippen LogP contribution in [0.3, 0.4) is 0 Å². The van der Waals surface area contributed by atoms with Gasteiger partial charge in [0, 0.05) is 43.7 Å². The van der Waals surface area contributed by atoms with Gasteiger partial charge in [0.05, 0.1) is 28.7 Å². The van der Waals surface area contributed by atoms with Crippen LogP contribution in [0.5, 0.6) is 5.75 Å². The highest BCUT2D eigenvalue weighted by Crippen LogP contribution is 2.44. The van der Waals surface area contributed by atoms with Gasteiger partial charge in [0.1, 0.15) is 5.75 Å². The van der Waals surface area contributed by atoms with E-state index in [-0.39, 0.29) is 23.7 Å². The molecular formula is C25H31F3N4O3. The van der Waals surface area contributed by atoms with Crippen molar-refractivity contribution in [3.8, 4) is 11.4 Å². The summed E-state index contributed by atoms with van der Waals surface area (Å²) in [6.45, 7) is 5.88. The van der Waals surface area contributed by atoms with Gasteiger partial charge in [-0.1, -0.05) is 6.07 Å². The number of halogens is 3. The SMILES string of the molecule is Cc1nn(-c2cccc(OC(F)(F)F)c2)c(C2CC2)c1C(=O)N1CCC(N2C[C@@H](O)C[C@H]2C)CC1. The third-order valence-electron chi connectivity index (χ3n) is 7.39. The second kappa shape index (κ2) is 9.13. The van der Waals surface area contributed by atoms with Crippen molar-refractivity contribution in [2.75, 3.05) is 19.6 Å². The normalized spacial score (nSPS) is 24.2. The topological polar surface area (TPSA) is 70.8 Å². The highest BCUT2D eigenvalue weighted by molar-refractivity contribution is 5.97.